The van der Waals surface area contributed by atoms with Gasteiger partial charge < -0.3 is 20.2 Å². The van der Waals surface area contributed by atoms with Crippen molar-refractivity contribution in [1.29, 1.82) is 0 Å². The highest BCUT2D eigenvalue weighted by Crippen LogP contribution is 2.19. The van der Waals surface area contributed by atoms with Gasteiger partial charge in [0.1, 0.15) is 6.04 Å². The second-order valence-electron chi connectivity index (χ2n) is 6.62. The molecule has 2 aliphatic heterocycles. The van der Waals surface area contributed by atoms with E-state index in [1.54, 1.807) is 6.92 Å². The number of rotatable bonds is 4. The zero-order chi connectivity index (χ0) is 18.7. The van der Waals surface area contributed by atoms with Crippen LogP contribution in [0.2, 0.25) is 0 Å². The first-order valence-electron chi connectivity index (χ1n) is 8.86. The second-order valence-corrected chi connectivity index (χ2v) is 6.62. The number of aromatic nitrogens is 2. The topological polar surface area (TPSA) is 116 Å². The Bertz CT molecular complexity index is 717. The van der Waals surface area contributed by atoms with Crippen molar-refractivity contribution in [3.8, 4) is 0 Å². The summed E-state index contributed by atoms with van der Waals surface area (Å²) in [6, 6.07) is -1.02. The first-order valence-corrected chi connectivity index (χ1v) is 8.86. The van der Waals surface area contributed by atoms with Crippen LogP contribution in [0.4, 0.5) is 5.95 Å². The maximum absolute atomic E-state index is 12.9. The summed E-state index contributed by atoms with van der Waals surface area (Å²) in [4.78, 5) is 48.2. The fourth-order valence-electron chi connectivity index (χ4n) is 3.39. The normalized spacial score (nSPS) is 20.7. The molecular weight excluding hydrogens is 338 g/mol. The molecule has 2 aliphatic rings. The molecule has 2 saturated heterocycles. The number of piperidine rings is 1. The van der Waals surface area contributed by atoms with Crippen molar-refractivity contribution >= 4 is 23.7 Å². The van der Waals surface area contributed by atoms with Crippen molar-refractivity contribution in [3.63, 3.8) is 0 Å². The number of carboxylic acids is 1. The van der Waals surface area contributed by atoms with Gasteiger partial charge in [0.15, 0.2) is 0 Å². The van der Waals surface area contributed by atoms with Crippen molar-refractivity contribution in [2.24, 2.45) is 0 Å². The minimum Gasteiger partial charge on any atom is -0.481 e. The van der Waals surface area contributed by atoms with Crippen molar-refractivity contribution in [1.82, 2.24) is 20.2 Å². The summed E-state index contributed by atoms with van der Waals surface area (Å²) in [6.45, 7) is 4.10. The van der Waals surface area contributed by atoms with Gasteiger partial charge in [-0.05, 0) is 26.2 Å². The van der Waals surface area contributed by atoms with E-state index in [1.807, 2.05) is 0 Å². The van der Waals surface area contributed by atoms with Crippen LogP contribution in [0.3, 0.4) is 0 Å². The summed E-state index contributed by atoms with van der Waals surface area (Å²) in [5, 5.41) is 11.6. The first kappa shape index (κ1) is 18.1. The molecule has 0 radical (unpaired) electrons. The fourth-order valence-corrected chi connectivity index (χ4v) is 3.39. The predicted molar refractivity (Wildman–Crippen MR) is 92.9 cm³/mol. The number of carboxylic acid groups (broad SMARTS) is 1. The quantitative estimate of drug-likeness (QED) is 0.786. The van der Waals surface area contributed by atoms with Crippen molar-refractivity contribution in [2.45, 2.75) is 38.6 Å². The molecule has 0 aliphatic carbocycles. The third-order valence-electron chi connectivity index (χ3n) is 4.80. The van der Waals surface area contributed by atoms with Crippen molar-refractivity contribution in [2.75, 3.05) is 31.1 Å². The van der Waals surface area contributed by atoms with E-state index >= 15 is 0 Å². The molecule has 3 heterocycles. The summed E-state index contributed by atoms with van der Waals surface area (Å²) in [5.41, 5.74) is 0.835. The molecule has 0 aromatic carbocycles. The van der Waals surface area contributed by atoms with E-state index in [2.05, 4.69) is 20.2 Å². The maximum atomic E-state index is 12.9. The summed E-state index contributed by atoms with van der Waals surface area (Å²) in [6.07, 6.45) is 4.46. The Morgan fingerprint density at radius 3 is 2.65 bits per heavy atom. The highest BCUT2D eigenvalue weighted by molar-refractivity contribution is 5.99. The van der Waals surface area contributed by atoms with Gasteiger partial charge in [0.25, 0.3) is 5.91 Å². The number of piperazine rings is 1. The number of nitrogens with one attached hydrogen (secondary N) is 1. The third-order valence-corrected chi connectivity index (χ3v) is 4.80. The summed E-state index contributed by atoms with van der Waals surface area (Å²) in [7, 11) is 0. The molecule has 2 N–H and O–H groups in total. The van der Waals surface area contributed by atoms with Gasteiger partial charge in [0.05, 0.1) is 17.7 Å². The van der Waals surface area contributed by atoms with E-state index in [0.29, 0.717) is 23.8 Å². The SMILES string of the molecule is Cc1nc(N2CCCCC2)ncc1C(=O)N1CCNC(=O)[C@H]1CC(=O)O. The number of aryl methyl sites for hydroxylation is 1. The van der Waals surface area contributed by atoms with Gasteiger partial charge in [-0.2, -0.15) is 0 Å². The number of nitrogens with zero attached hydrogens (tertiary/aromatic N) is 4. The molecular formula is C17H23N5O4. The van der Waals surface area contributed by atoms with Crippen LogP contribution < -0.4 is 10.2 Å². The molecule has 26 heavy (non-hydrogen) atoms. The van der Waals surface area contributed by atoms with E-state index < -0.39 is 30.2 Å². The number of amides is 2. The molecule has 1 aromatic rings. The smallest absolute Gasteiger partial charge is 0.305 e. The Kier molecular flexibility index (Phi) is 5.34. The fraction of sp³-hybridized carbons (Fsp3) is 0.588. The number of hydrogen-bond donors (Lipinski definition) is 2. The lowest BCUT2D eigenvalue weighted by atomic mass is 10.1. The predicted octanol–water partition coefficient (Wildman–Crippen LogP) is 0.191. The molecule has 1 atom stereocenters. The van der Waals surface area contributed by atoms with Crippen LogP contribution in [0.1, 0.15) is 41.7 Å². The Morgan fingerprint density at radius 2 is 2.00 bits per heavy atom. The van der Waals surface area contributed by atoms with E-state index in [4.69, 9.17) is 5.11 Å². The monoisotopic (exact) mass is 361 g/mol. The van der Waals surface area contributed by atoms with Crippen LogP contribution >= 0.6 is 0 Å². The second kappa shape index (κ2) is 7.67. The number of carbonyl (C=O) groups is 3. The van der Waals surface area contributed by atoms with Crippen molar-refractivity contribution < 1.29 is 19.5 Å². The third kappa shape index (κ3) is 3.76. The summed E-state index contributed by atoms with van der Waals surface area (Å²) < 4.78 is 0. The standard InChI is InChI=1S/C17H23N5O4/c1-11-12(10-19-17(20-11)21-6-3-2-4-7-21)16(26)22-8-5-18-15(25)13(22)9-14(23)24/h10,13H,2-9H2,1H3,(H,18,25)(H,23,24)/t13-/m1/s1. The van der Waals surface area contributed by atoms with Crippen LogP contribution in [0.5, 0.6) is 0 Å². The van der Waals surface area contributed by atoms with Crippen LogP contribution in [-0.2, 0) is 9.59 Å². The molecule has 0 saturated carbocycles. The first-order chi connectivity index (χ1) is 12.5. The molecule has 2 fully saturated rings. The number of anilines is 1. The summed E-state index contributed by atoms with van der Waals surface area (Å²) >= 11 is 0. The lowest BCUT2D eigenvalue weighted by Crippen LogP contribution is -2.57. The van der Waals surface area contributed by atoms with Crippen LogP contribution in [0.25, 0.3) is 0 Å². The zero-order valence-corrected chi connectivity index (χ0v) is 14.8. The van der Waals surface area contributed by atoms with E-state index in [-0.39, 0.29) is 6.54 Å². The van der Waals surface area contributed by atoms with Gasteiger partial charge in [-0.25, -0.2) is 9.97 Å². The molecule has 2 amide bonds. The van der Waals surface area contributed by atoms with E-state index in [9.17, 15) is 14.4 Å². The van der Waals surface area contributed by atoms with Gasteiger partial charge in [0.2, 0.25) is 11.9 Å². The molecule has 0 unspecified atom stereocenters. The molecule has 0 spiro atoms. The molecule has 9 heteroatoms. The minimum atomic E-state index is -1.13. The largest absolute Gasteiger partial charge is 0.481 e. The zero-order valence-electron chi connectivity index (χ0n) is 14.8. The van der Waals surface area contributed by atoms with Gasteiger partial charge in [0, 0.05) is 32.4 Å². The van der Waals surface area contributed by atoms with Gasteiger partial charge in [-0.1, -0.05) is 0 Å². The average molecular weight is 361 g/mol. The molecule has 9 nitrogen and oxygen atoms in total. The number of aliphatic carboxylic acids is 1. The molecule has 140 valence electrons. The Labute approximate surface area is 151 Å². The van der Waals surface area contributed by atoms with Crippen molar-refractivity contribution in [3.05, 3.63) is 17.5 Å². The Balaban J connectivity index is 1.81. The van der Waals surface area contributed by atoms with E-state index in [1.165, 1.54) is 17.5 Å². The summed E-state index contributed by atoms with van der Waals surface area (Å²) in [5.74, 6) is -1.38. The highest BCUT2D eigenvalue weighted by atomic mass is 16.4. The highest BCUT2D eigenvalue weighted by Gasteiger charge is 2.36. The number of carbonyl (C=O) groups excluding carboxylic acids is 2. The Hall–Kier alpha value is -2.71. The van der Waals surface area contributed by atoms with Crippen LogP contribution in [0.15, 0.2) is 6.20 Å². The Morgan fingerprint density at radius 1 is 1.27 bits per heavy atom. The lowest BCUT2D eigenvalue weighted by molar-refractivity contribution is -0.142. The van der Waals surface area contributed by atoms with E-state index in [0.717, 1.165) is 25.9 Å². The minimum absolute atomic E-state index is 0.260. The molecule has 0 bridgehead atoms. The molecule has 1 aromatic heterocycles. The van der Waals surface area contributed by atoms with Gasteiger partial charge >= 0.3 is 5.97 Å². The maximum Gasteiger partial charge on any atom is 0.305 e. The average Bonchev–Trinajstić information content (AvgIpc) is 2.63. The van der Waals surface area contributed by atoms with Crippen LogP contribution in [-0.4, -0.2) is 70.0 Å². The molecule has 3 rings (SSSR count). The lowest BCUT2D eigenvalue weighted by Gasteiger charge is -2.34. The van der Waals surface area contributed by atoms with Gasteiger partial charge in [-0.15, -0.1) is 0 Å². The van der Waals surface area contributed by atoms with Crippen LogP contribution in [0, 0.1) is 6.92 Å². The van der Waals surface area contributed by atoms with Gasteiger partial charge in [-0.3, -0.25) is 14.4 Å². The number of hydrogen-bond acceptors (Lipinski definition) is 6.